The average molecular weight is 414 g/mol. The summed E-state index contributed by atoms with van der Waals surface area (Å²) in [4.78, 5) is 15.0. The SMILES string of the molecule is COc1ccc2n[nH]c(C(C)(F)CC(=O)N3C4CC5CC3CC(C#N)(C5)C4)c2c1F. The maximum Gasteiger partial charge on any atom is 0.226 e. The minimum Gasteiger partial charge on any atom is -0.494 e. The fourth-order valence-electron chi connectivity index (χ4n) is 6.22. The quantitative estimate of drug-likeness (QED) is 0.821. The third-order valence-corrected chi connectivity index (χ3v) is 7.30. The molecule has 3 heterocycles. The molecule has 3 atom stereocenters. The van der Waals surface area contributed by atoms with Gasteiger partial charge in [-0.05, 0) is 57.1 Å². The van der Waals surface area contributed by atoms with Crippen LogP contribution in [0, 0.1) is 28.5 Å². The molecule has 4 bridgehead atoms. The first-order chi connectivity index (χ1) is 14.3. The highest BCUT2D eigenvalue weighted by atomic mass is 19.1. The van der Waals surface area contributed by atoms with Crippen molar-refractivity contribution >= 4 is 16.8 Å². The zero-order valence-corrected chi connectivity index (χ0v) is 17.0. The van der Waals surface area contributed by atoms with Crippen LogP contribution in [0.1, 0.15) is 51.1 Å². The summed E-state index contributed by atoms with van der Waals surface area (Å²) in [7, 11) is 1.34. The van der Waals surface area contributed by atoms with Crippen molar-refractivity contribution in [1.29, 1.82) is 5.26 Å². The van der Waals surface area contributed by atoms with E-state index < -0.39 is 17.9 Å². The number of aromatic amines is 1. The number of hydrogen-bond acceptors (Lipinski definition) is 4. The normalized spacial score (nSPS) is 31.6. The van der Waals surface area contributed by atoms with Crippen LogP contribution in [0.15, 0.2) is 12.1 Å². The Morgan fingerprint density at radius 2 is 2.10 bits per heavy atom. The third kappa shape index (κ3) is 2.71. The van der Waals surface area contributed by atoms with Crippen molar-refractivity contribution in [3.8, 4) is 11.8 Å². The number of amides is 1. The Morgan fingerprint density at radius 1 is 1.40 bits per heavy atom. The number of methoxy groups -OCH3 is 1. The van der Waals surface area contributed by atoms with E-state index in [9.17, 15) is 14.4 Å². The molecule has 6 nitrogen and oxygen atoms in total. The molecule has 1 aromatic carbocycles. The van der Waals surface area contributed by atoms with Gasteiger partial charge in [0.15, 0.2) is 17.2 Å². The van der Waals surface area contributed by atoms with Gasteiger partial charge in [0.25, 0.3) is 0 Å². The van der Waals surface area contributed by atoms with Crippen LogP contribution in [0.2, 0.25) is 0 Å². The standard InChI is InChI=1S/C22H24F2N4O2/c1-21(24,20-18-15(26-27-20)3-4-16(30-2)19(18)23)10-17(29)28-13-5-12-6-14(28)9-22(7-12,8-13)11-25/h3-4,12-14H,5-10H2,1-2H3,(H,26,27). The molecule has 2 saturated carbocycles. The Kier molecular flexibility index (Phi) is 4.12. The number of ether oxygens (including phenoxy) is 1. The lowest BCUT2D eigenvalue weighted by Crippen LogP contribution is -2.63. The zero-order valence-electron chi connectivity index (χ0n) is 17.0. The maximum atomic E-state index is 15.8. The molecule has 158 valence electrons. The van der Waals surface area contributed by atoms with E-state index in [2.05, 4.69) is 16.3 Å². The molecule has 1 amide bonds. The van der Waals surface area contributed by atoms with Crippen LogP contribution in [-0.4, -0.2) is 40.2 Å². The zero-order chi connectivity index (χ0) is 21.3. The second kappa shape index (κ2) is 6.40. The summed E-state index contributed by atoms with van der Waals surface area (Å²) in [6, 6.07) is 5.48. The molecule has 8 heteroatoms. The van der Waals surface area contributed by atoms with E-state index in [0.29, 0.717) is 18.8 Å². The van der Waals surface area contributed by atoms with Crippen molar-refractivity contribution in [3.63, 3.8) is 0 Å². The molecule has 30 heavy (non-hydrogen) atoms. The van der Waals surface area contributed by atoms with Gasteiger partial charge in [-0.25, -0.2) is 8.78 Å². The minimum absolute atomic E-state index is 0.00105. The highest BCUT2D eigenvalue weighted by Crippen LogP contribution is 2.56. The summed E-state index contributed by atoms with van der Waals surface area (Å²) in [6.45, 7) is 1.28. The predicted molar refractivity (Wildman–Crippen MR) is 105 cm³/mol. The molecule has 1 aromatic heterocycles. The van der Waals surface area contributed by atoms with E-state index in [0.717, 1.165) is 19.3 Å². The van der Waals surface area contributed by atoms with Crippen LogP contribution in [-0.2, 0) is 10.5 Å². The Bertz CT molecular complexity index is 1060. The molecule has 2 aromatic rings. The van der Waals surface area contributed by atoms with Crippen LogP contribution in [0.5, 0.6) is 5.75 Å². The summed E-state index contributed by atoms with van der Waals surface area (Å²) in [6.07, 6.45) is 3.62. The van der Waals surface area contributed by atoms with Gasteiger partial charge >= 0.3 is 0 Å². The number of alkyl halides is 1. The summed E-state index contributed by atoms with van der Waals surface area (Å²) < 4.78 is 35.7. The van der Waals surface area contributed by atoms with Gasteiger partial charge in [0.2, 0.25) is 5.91 Å². The Balaban J connectivity index is 1.43. The molecule has 0 spiro atoms. The molecular weight excluding hydrogens is 390 g/mol. The highest BCUT2D eigenvalue weighted by molar-refractivity contribution is 5.86. The molecule has 4 aliphatic rings. The van der Waals surface area contributed by atoms with E-state index in [4.69, 9.17) is 4.74 Å². The van der Waals surface area contributed by atoms with Crippen molar-refractivity contribution in [1.82, 2.24) is 15.1 Å². The molecule has 4 fully saturated rings. The number of carbonyl (C=O) groups excluding carboxylic acids is 1. The van der Waals surface area contributed by atoms with Crippen molar-refractivity contribution in [2.45, 2.75) is 63.2 Å². The number of nitrogens with one attached hydrogen (secondary N) is 1. The Labute approximate surface area is 173 Å². The highest BCUT2D eigenvalue weighted by Gasteiger charge is 2.56. The largest absolute Gasteiger partial charge is 0.494 e. The lowest BCUT2D eigenvalue weighted by Gasteiger charge is -2.59. The number of rotatable bonds is 4. The molecule has 2 saturated heterocycles. The van der Waals surface area contributed by atoms with Crippen molar-refractivity contribution in [2.75, 3.05) is 7.11 Å². The van der Waals surface area contributed by atoms with Crippen LogP contribution >= 0.6 is 0 Å². The van der Waals surface area contributed by atoms with Gasteiger partial charge in [-0.1, -0.05) is 0 Å². The first-order valence-corrected chi connectivity index (χ1v) is 10.4. The van der Waals surface area contributed by atoms with Gasteiger partial charge in [0.1, 0.15) is 0 Å². The maximum absolute atomic E-state index is 15.8. The molecule has 2 aliphatic heterocycles. The number of aromatic nitrogens is 2. The first-order valence-electron chi connectivity index (χ1n) is 10.4. The van der Waals surface area contributed by atoms with Crippen molar-refractivity contribution < 1.29 is 18.3 Å². The lowest BCUT2D eigenvalue weighted by atomic mass is 9.56. The summed E-state index contributed by atoms with van der Waals surface area (Å²) in [5.41, 5.74) is -2.22. The molecule has 1 N–H and O–H groups in total. The Hall–Kier alpha value is -2.69. The van der Waals surface area contributed by atoms with Gasteiger partial charge in [-0.2, -0.15) is 10.4 Å². The number of hydrogen-bond donors (Lipinski definition) is 1. The summed E-state index contributed by atoms with van der Waals surface area (Å²) >= 11 is 0. The van der Waals surface area contributed by atoms with Crippen LogP contribution in [0.3, 0.4) is 0 Å². The summed E-state index contributed by atoms with van der Waals surface area (Å²) in [5.74, 6) is -0.506. The number of carbonyl (C=O) groups is 1. The second-order valence-electron chi connectivity index (χ2n) is 9.40. The van der Waals surface area contributed by atoms with E-state index in [1.54, 1.807) is 6.07 Å². The smallest absolute Gasteiger partial charge is 0.226 e. The van der Waals surface area contributed by atoms with Crippen molar-refractivity contribution in [3.05, 3.63) is 23.6 Å². The topological polar surface area (TPSA) is 82.0 Å². The predicted octanol–water partition coefficient (Wildman–Crippen LogP) is 3.97. The van der Waals surface area contributed by atoms with Gasteiger partial charge < -0.3 is 9.64 Å². The fourth-order valence-corrected chi connectivity index (χ4v) is 6.22. The Morgan fingerprint density at radius 3 is 2.73 bits per heavy atom. The number of halogens is 2. The number of nitriles is 1. The molecular formula is C22H24F2N4O2. The van der Waals surface area contributed by atoms with Gasteiger partial charge in [-0.3, -0.25) is 9.89 Å². The molecule has 6 rings (SSSR count). The van der Waals surface area contributed by atoms with Crippen LogP contribution in [0.25, 0.3) is 10.9 Å². The number of fused-ring (bicyclic) bond motifs is 1. The van der Waals surface area contributed by atoms with E-state index in [-0.39, 0.29) is 45.8 Å². The second-order valence-corrected chi connectivity index (χ2v) is 9.40. The number of H-pyrrole nitrogens is 1. The molecule has 0 radical (unpaired) electrons. The monoisotopic (exact) mass is 414 g/mol. The molecule has 2 aliphatic carbocycles. The number of benzene rings is 1. The number of piperidine rings is 2. The van der Waals surface area contributed by atoms with Gasteiger partial charge in [0.05, 0.1) is 41.6 Å². The third-order valence-electron chi connectivity index (χ3n) is 7.30. The van der Waals surface area contributed by atoms with Gasteiger partial charge in [0, 0.05) is 12.1 Å². The lowest BCUT2D eigenvalue weighted by molar-refractivity contribution is -0.156. The minimum atomic E-state index is -2.12. The van der Waals surface area contributed by atoms with E-state index >= 15 is 4.39 Å². The summed E-state index contributed by atoms with van der Waals surface area (Å²) in [5, 5.41) is 16.3. The van der Waals surface area contributed by atoms with Crippen molar-refractivity contribution in [2.24, 2.45) is 11.3 Å². The number of nitrogens with zero attached hydrogens (tertiary/aromatic N) is 3. The van der Waals surface area contributed by atoms with E-state index in [1.165, 1.54) is 20.1 Å². The molecule has 3 unspecified atom stereocenters. The van der Waals surface area contributed by atoms with Crippen LogP contribution < -0.4 is 4.74 Å². The average Bonchev–Trinajstić information content (AvgIpc) is 3.13. The fraction of sp³-hybridized carbons (Fsp3) is 0.591. The van der Waals surface area contributed by atoms with Gasteiger partial charge in [-0.15, -0.1) is 0 Å². The first kappa shape index (κ1) is 19.3. The van der Waals surface area contributed by atoms with Crippen LogP contribution in [0.4, 0.5) is 8.78 Å². The van der Waals surface area contributed by atoms with E-state index in [1.807, 2.05) is 4.90 Å².